The Hall–Kier alpha value is -0.830. The Morgan fingerprint density at radius 3 is 2.18 bits per heavy atom. The quantitative estimate of drug-likeness (QED) is 0.764. The van der Waals surface area contributed by atoms with E-state index in [-0.39, 0.29) is 0 Å². The van der Waals surface area contributed by atoms with E-state index in [9.17, 15) is 0 Å². The average molecular weight is 237 g/mol. The maximum absolute atomic E-state index is 4.06. The van der Waals surface area contributed by atoms with E-state index in [1.807, 2.05) is 6.20 Å². The Kier molecular flexibility index (Phi) is 5.69. The molecule has 0 aliphatic carbocycles. The third-order valence-corrected chi connectivity index (χ3v) is 3.03. The smallest absolute Gasteiger partial charge is 0.0535 e. The van der Waals surface area contributed by atoms with E-state index in [0.29, 0.717) is 6.04 Å². The first kappa shape index (κ1) is 14.2. The highest BCUT2D eigenvalue weighted by atomic mass is 15.1. The molecule has 0 bridgehead atoms. The van der Waals surface area contributed by atoms with E-state index < -0.39 is 0 Å². The summed E-state index contributed by atoms with van der Waals surface area (Å²) in [5, 5.41) is 10.7. The second-order valence-corrected chi connectivity index (χ2v) is 5.86. The summed E-state index contributed by atoms with van der Waals surface area (Å²) in [6.07, 6.45) is 4.41. The first-order valence-corrected chi connectivity index (χ1v) is 6.71. The summed E-state index contributed by atoms with van der Waals surface area (Å²) >= 11 is 0. The van der Waals surface area contributed by atoms with Gasteiger partial charge in [-0.05, 0) is 31.6 Å². The zero-order chi connectivity index (χ0) is 12.8. The lowest BCUT2D eigenvalue weighted by Crippen LogP contribution is -2.31. The van der Waals surface area contributed by atoms with Crippen molar-refractivity contribution in [2.45, 2.75) is 60.0 Å². The van der Waals surface area contributed by atoms with Gasteiger partial charge in [0.15, 0.2) is 0 Å². The van der Waals surface area contributed by atoms with Crippen molar-refractivity contribution in [1.29, 1.82) is 0 Å². The van der Waals surface area contributed by atoms with Crippen LogP contribution in [-0.2, 0) is 6.54 Å². The average Bonchev–Trinajstić information content (AvgIpc) is 2.59. The Morgan fingerprint density at radius 1 is 1.18 bits per heavy atom. The Labute approximate surface area is 105 Å². The fourth-order valence-corrected chi connectivity index (χ4v) is 2.21. The predicted molar refractivity (Wildman–Crippen MR) is 72.9 cm³/mol. The zero-order valence-electron chi connectivity index (χ0n) is 11.9. The molecule has 0 saturated heterocycles. The van der Waals surface area contributed by atoms with E-state index in [4.69, 9.17) is 0 Å². The van der Waals surface area contributed by atoms with Crippen LogP contribution in [0.1, 0.15) is 51.8 Å². The highest BCUT2D eigenvalue weighted by Crippen LogP contribution is 2.14. The maximum atomic E-state index is 4.06. The fraction of sp³-hybridized carbons (Fsp3) is 0.786. The molecule has 0 unspecified atom stereocenters. The third kappa shape index (κ3) is 5.35. The Balaban J connectivity index is 2.45. The van der Waals surface area contributed by atoms with Crippen LogP contribution >= 0.6 is 0 Å². The second-order valence-electron chi connectivity index (χ2n) is 5.86. The summed E-state index contributed by atoms with van der Waals surface area (Å²) in [5.74, 6) is 1.49. The number of nitrogens with zero attached hydrogens (tertiary/aromatic N) is 1. The molecule has 0 radical (unpaired) electrons. The van der Waals surface area contributed by atoms with Gasteiger partial charge in [-0.2, -0.15) is 5.10 Å². The van der Waals surface area contributed by atoms with Gasteiger partial charge in [0.1, 0.15) is 0 Å². The number of H-pyrrole nitrogens is 1. The molecule has 1 rings (SSSR count). The summed E-state index contributed by atoms with van der Waals surface area (Å²) in [7, 11) is 0. The molecule has 98 valence electrons. The van der Waals surface area contributed by atoms with Crippen molar-refractivity contribution in [2.24, 2.45) is 11.8 Å². The zero-order valence-corrected chi connectivity index (χ0v) is 11.9. The van der Waals surface area contributed by atoms with Gasteiger partial charge in [0.05, 0.1) is 6.20 Å². The molecule has 3 heteroatoms. The fourth-order valence-electron chi connectivity index (χ4n) is 2.21. The molecule has 0 spiro atoms. The summed E-state index contributed by atoms with van der Waals surface area (Å²) in [6, 6.07) is 0.615. The summed E-state index contributed by atoms with van der Waals surface area (Å²) in [4.78, 5) is 0. The number of aromatic nitrogens is 2. The van der Waals surface area contributed by atoms with Crippen molar-refractivity contribution in [1.82, 2.24) is 15.5 Å². The molecule has 0 aliphatic rings. The number of hydrogen-bond donors (Lipinski definition) is 2. The SMILES string of the molecule is Cc1[nH]ncc1CNC(CC(C)C)CC(C)C. The van der Waals surface area contributed by atoms with Crippen LogP contribution in [-0.4, -0.2) is 16.2 Å². The Morgan fingerprint density at radius 2 is 1.76 bits per heavy atom. The monoisotopic (exact) mass is 237 g/mol. The van der Waals surface area contributed by atoms with Crippen LogP contribution in [0.2, 0.25) is 0 Å². The van der Waals surface area contributed by atoms with Gasteiger partial charge >= 0.3 is 0 Å². The number of nitrogens with one attached hydrogen (secondary N) is 2. The molecule has 3 nitrogen and oxygen atoms in total. The van der Waals surface area contributed by atoms with Crippen LogP contribution in [0, 0.1) is 18.8 Å². The number of aryl methyl sites for hydroxylation is 1. The van der Waals surface area contributed by atoms with Crippen molar-refractivity contribution >= 4 is 0 Å². The topological polar surface area (TPSA) is 40.7 Å². The molecular formula is C14H27N3. The second kappa shape index (κ2) is 6.80. The third-order valence-electron chi connectivity index (χ3n) is 3.03. The van der Waals surface area contributed by atoms with Crippen LogP contribution in [0.4, 0.5) is 0 Å². The van der Waals surface area contributed by atoms with Gasteiger partial charge in [0.25, 0.3) is 0 Å². The van der Waals surface area contributed by atoms with Crippen LogP contribution < -0.4 is 5.32 Å². The van der Waals surface area contributed by atoms with Gasteiger partial charge in [-0.1, -0.05) is 27.7 Å². The van der Waals surface area contributed by atoms with Crippen molar-refractivity contribution in [3.8, 4) is 0 Å². The van der Waals surface area contributed by atoms with Crippen LogP contribution in [0.5, 0.6) is 0 Å². The van der Waals surface area contributed by atoms with Gasteiger partial charge in [-0.15, -0.1) is 0 Å². The van der Waals surface area contributed by atoms with Gasteiger partial charge in [-0.25, -0.2) is 0 Å². The predicted octanol–water partition coefficient (Wildman–Crippen LogP) is 3.27. The molecule has 0 aliphatic heterocycles. The molecule has 17 heavy (non-hydrogen) atoms. The van der Waals surface area contributed by atoms with Crippen LogP contribution in [0.25, 0.3) is 0 Å². The van der Waals surface area contributed by atoms with Crippen LogP contribution in [0.15, 0.2) is 6.20 Å². The molecular weight excluding hydrogens is 210 g/mol. The minimum atomic E-state index is 0.615. The molecule has 0 atom stereocenters. The molecule has 2 N–H and O–H groups in total. The molecule has 0 amide bonds. The highest BCUT2D eigenvalue weighted by Gasteiger charge is 2.13. The van der Waals surface area contributed by atoms with Crippen molar-refractivity contribution in [2.75, 3.05) is 0 Å². The standard InChI is InChI=1S/C14H27N3/c1-10(2)6-14(7-11(3)4)15-8-13-9-16-17-12(13)5/h9-11,14-15H,6-8H2,1-5H3,(H,16,17). The lowest BCUT2D eigenvalue weighted by atomic mass is 9.95. The molecule has 0 aromatic carbocycles. The maximum Gasteiger partial charge on any atom is 0.0535 e. The first-order chi connectivity index (χ1) is 7.99. The van der Waals surface area contributed by atoms with Gasteiger partial charge in [0, 0.05) is 23.8 Å². The van der Waals surface area contributed by atoms with Crippen molar-refractivity contribution < 1.29 is 0 Å². The lowest BCUT2D eigenvalue weighted by Gasteiger charge is -2.22. The summed E-state index contributed by atoms with van der Waals surface area (Å²) in [5.41, 5.74) is 2.45. The summed E-state index contributed by atoms with van der Waals surface area (Å²) < 4.78 is 0. The van der Waals surface area contributed by atoms with Crippen LogP contribution in [0.3, 0.4) is 0 Å². The lowest BCUT2D eigenvalue weighted by molar-refractivity contribution is 0.358. The van der Waals surface area contributed by atoms with Crippen molar-refractivity contribution in [3.63, 3.8) is 0 Å². The Bertz CT molecular complexity index is 305. The van der Waals surface area contributed by atoms with E-state index in [0.717, 1.165) is 18.4 Å². The van der Waals surface area contributed by atoms with Gasteiger partial charge in [0.2, 0.25) is 0 Å². The largest absolute Gasteiger partial charge is 0.310 e. The molecule has 0 saturated carbocycles. The molecule has 1 aromatic heterocycles. The van der Waals surface area contributed by atoms with E-state index in [1.165, 1.54) is 24.1 Å². The first-order valence-electron chi connectivity index (χ1n) is 6.71. The molecule has 1 heterocycles. The van der Waals surface area contributed by atoms with Gasteiger partial charge < -0.3 is 5.32 Å². The highest BCUT2D eigenvalue weighted by molar-refractivity contribution is 5.13. The van der Waals surface area contributed by atoms with E-state index >= 15 is 0 Å². The molecule has 1 aromatic rings. The van der Waals surface area contributed by atoms with Gasteiger partial charge in [-0.3, -0.25) is 5.10 Å². The number of hydrogen-bond acceptors (Lipinski definition) is 2. The van der Waals surface area contributed by atoms with E-state index in [2.05, 4.69) is 50.1 Å². The number of aromatic amines is 1. The minimum absolute atomic E-state index is 0.615. The van der Waals surface area contributed by atoms with E-state index in [1.54, 1.807) is 0 Å². The summed E-state index contributed by atoms with van der Waals surface area (Å²) in [6.45, 7) is 12.2. The minimum Gasteiger partial charge on any atom is -0.310 e. The molecule has 0 fully saturated rings. The van der Waals surface area contributed by atoms with Crippen molar-refractivity contribution in [3.05, 3.63) is 17.5 Å². The normalized spacial score (nSPS) is 12.0. The number of rotatable bonds is 7.